The van der Waals surface area contributed by atoms with Gasteiger partial charge in [-0.05, 0) is 79.5 Å². The molecular formula is C37H40N6O4S2. The van der Waals surface area contributed by atoms with E-state index in [1.165, 1.54) is 5.56 Å². The molecule has 1 saturated heterocycles. The molecule has 1 N–H and O–H groups in total. The number of anilines is 1. The van der Waals surface area contributed by atoms with Crippen molar-refractivity contribution in [1.82, 2.24) is 24.9 Å². The molecule has 0 bridgehead atoms. The van der Waals surface area contributed by atoms with Crippen LogP contribution in [0.15, 0.2) is 53.8 Å². The number of ether oxygens (including phenoxy) is 2. The molecule has 5 aromatic heterocycles. The predicted molar refractivity (Wildman–Crippen MR) is 191 cm³/mol. The van der Waals surface area contributed by atoms with Gasteiger partial charge in [0.2, 0.25) is 5.88 Å². The summed E-state index contributed by atoms with van der Waals surface area (Å²) in [6, 6.07) is 10.00. The summed E-state index contributed by atoms with van der Waals surface area (Å²) in [5.74, 6) is 2.05. The van der Waals surface area contributed by atoms with Crippen LogP contribution >= 0.6 is 11.3 Å². The fourth-order valence-electron chi connectivity index (χ4n) is 7.64. The molecule has 7 heterocycles. The molecule has 5 aromatic rings. The van der Waals surface area contributed by atoms with Crippen LogP contribution in [0.2, 0.25) is 0 Å². The second-order valence-corrected chi connectivity index (χ2v) is 16.7. The molecule has 49 heavy (non-hydrogen) atoms. The van der Waals surface area contributed by atoms with Gasteiger partial charge in [-0.3, -0.25) is 9.97 Å². The monoisotopic (exact) mass is 696 g/mol. The molecule has 254 valence electrons. The Morgan fingerprint density at radius 1 is 1.02 bits per heavy atom. The van der Waals surface area contributed by atoms with Crippen molar-refractivity contribution in [2.75, 3.05) is 31.4 Å². The van der Waals surface area contributed by atoms with Gasteiger partial charge in [0.15, 0.2) is 15.7 Å². The van der Waals surface area contributed by atoms with Crippen LogP contribution in [0.3, 0.4) is 0 Å². The molecule has 8 rings (SSSR count). The molecule has 10 nitrogen and oxygen atoms in total. The van der Waals surface area contributed by atoms with E-state index >= 15 is 0 Å². The number of fused-ring (bicyclic) bond motifs is 3. The van der Waals surface area contributed by atoms with Crippen molar-refractivity contribution < 1.29 is 17.9 Å². The van der Waals surface area contributed by atoms with Gasteiger partial charge < -0.3 is 14.8 Å². The van der Waals surface area contributed by atoms with Gasteiger partial charge in [0.1, 0.15) is 5.82 Å². The third-order valence-electron chi connectivity index (χ3n) is 10.3. The van der Waals surface area contributed by atoms with Crippen LogP contribution in [0.25, 0.3) is 31.9 Å². The number of hydrogen-bond donors (Lipinski definition) is 1. The smallest absolute Gasteiger partial charge is 0.216 e. The normalized spacial score (nSPS) is 20.1. The highest BCUT2D eigenvalue weighted by molar-refractivity contribution is 7.92. The summed E-state index contributed by atoms with van der Waals surface area (Å²) in [5, 5.41) is 4.69. The Labute approximate surface area is 290 Å². The average Bonchev–Trinajstić information content (AvgIpc) is 3.81. The van der Waals surface area contributed by atoms with Gasteiger partial charge in [-0.25, -0.2) is 18.4 Å². The Bertz CT molecular complexity index is 2140. The largest absolute Gasteiger partial charge is 0.481 e. The maximum absolute atomic E-state index is 14.3. The number of sulfone groups is 1. The number of rotatable bonds is 9. The lowest BCUT2D eigenvalue weighted by Crippen LogP contribution is -2.17. The minimum Gasteiger partial charge on any atom is -0.481 e. The van der Waals surface area contributed by atoms with Crippen LogP contribution in [0.1, 0.15) is 74.1 Å². The number of aryl methyl sites for hydroxylation is 2. The van der Waals surface area contributed by atoms with E-state index in [1.54, 1.807) is 30.7 Å². The zero-order valence-corrected chi connectivity index (χ0v) is 29.6. The van der Waals surface area contributed by atoms with Crippen LogP contribution in [0.4, 0.5) is 5.82 Å². The van der Waals surface area contributed by atoms with Crippen LogP contribution in [-0.2, 0) is 27.4 Å². The van der Waals surface area contributed by atoms with Crippen molar-refractivity contribution in [3.63, 3.8) is 0 Å². The average molecular weight is 697 g/mol. The number of nitrogens with zero attached hydrogens (tertiary/aromatic N) is 5. The molecule has 0 spiro atoms. The second kappa shape index (κ2) is 13.0. The highest BCUT2D eigenvalue weighted by Crippen LogP contribution is 2.51. The summed E-state index contributed by atoms with van der Waals surface area (Å²) in [7, 11) is -2.10. The summed E-state index contributed by atoms with van der Waals surface area (Å²) >= 11 is 1.56. The Morgan fingerprint density at radius 3 is 2.67 bits per heavy atom. The third kappa shape index (κ3) is 5.97. The van der Waals surface area contributed by atoms with Crippen molar-refractivity contribution in [3.8, 4) is 27.7 Å². The number of methoxy groups -OCH3 is 1. The summed E-state index contributed by atoms with van der Waals surface area (Å²) < 4.78 is 40.7. The van der Waals surface area contributed by atoms with Gasteiger partial charge in [-0.15, -0.1) is 11.3 Å². The van der Waals surface area contributed by atoms with Crippen LogP contribution in [0, 0.1) is 11.8 Å². The van der Waals surface area contributed by atoms with Crippen molar-refractivity contribution >= 4 is 37.1 Å². The molecule has 0 radical (unpaired) electrons. The standard InChI is InChI=1S/C37H40N6O4S2/c1-21(2)25-20-49(44,45)35-32(29-19-23-10-15-40-37(34(23)48-29)42-27-9-8-26-24(27)5-4-14-38-26)31(36-39-16-11-30(43-36)46-3)28(41-33(25)35)7-6-22-12-17-47-18-13-22/h4-5,10-11,14-16,19,21-22,25,27H,6-9,12-13,17-18,20H2,1-3H3,(H,40,42). The minimum atomic E-state index is -3.67. The quantitative estimate of drug-likeness (QED) is 0.169. The molecule has 2 aliphatic heterocycles. The molecule has 1 fully saturated rings. The van der Waals surface area contributed by atoms with E-state index < -0.39 is 9.84 Å². The summed E-state index contributed by atoms with van der Waals surface area (Å²) in [6.07, 6.45) is 10.8. The fraction of sp³-hybridized carbons (Fsp3) is 0.432. The lowest BCUT2D eigenvalue weighted by atomic mass is 9.89. The lowest BCUT2D eigenvalue weighted by Gasteiger charge is -2.23. The first-order valence-electron chi connectivity index (χ1n) is 17.1. The zero-order valence-electron chi connectivity index (χ0n) is 28.0. The van der Waals surface area contributed by atoms with E-state index in [2.05, 4.69) is 36.3 Å². The lowest BCUT2D eigenvalue weighted by molar-refractivity contribution is 0.0639. The van der Waals surface area contributed by atoms with E-state index in [4.69, 9.17) is 29.4 Å². The van der Waals surface area contributed by atoms with E-state index in [0.717, 1.165) is 77.5 Å². The number of nitrogens with one attached hydrogen (secondary N) is 1. The molecule has 0 saturated carbocycles. The van der Waals surface area contributed by atoms with Crippen LogP contribution < -0.4 is 10.1 Å². The van der Waals surface area contributed by atoms with E-state index in [9.17, 15) is 8.42 Å². The SMILES string of the molecule is COc1ccnc(-c2c(CCC3CCOCC3)nc3c(c2-c2cc4ccnc(NC5CCc6ncccc65)c4s2)S(=O)(=O)CC3C(C)C)n1. The number of hydrogen-bond acceptors (Lipinski definition) is 11. The number of thiophene rings is 1. The van der Waals surface area contributed by atoms with Gasteiger partial charge in [-0.2, -0.15) is 4.98 Å². The summed E-state index contributed by atoms with van der Waals surface area (Å²) in [4.78, 5) is 25.3. The highest BCUT2D eigenvalue weighted by atomic mass is 32.2. The number of aromatic nitrogens is 5. The first-order chi connectivity index (χ1) is 23.8. The molecule has 3 aliphatic rings. The number of pyridine rings is 3. The van der Waals surface area contributed by atoms with E-state index in [0.29, 0.717) is 45.8 Å². The Kier molecular flexibility index (Phi) is 8.57. The molecular weight excluding hydrogens is 657 g/mol. The third-order valence-corrected chi connectivity index (χ3v) is 13.3. The molecule has 0 amide bonds. The Hall–Kier alpha value is -4.00. The summed E-state index contributed by atoms with van der Waals surface area (Å²) in [6.45, 7) is 5.69. The molecule has 1 aliphatic carbocycles. The molecule has 0 aromatic carbocycles. The van der Waals surface area contributed by atoms with Gasteiger partial charge in [0.25, 0.3) is 0 Å². The van der Waals surface area contributed by atoms with Gasteiger partial charge in [-0.1, -0.05) is 19.9 Å². The first-order valence-corrected chi connectivity index (χ1v) is 19.6. The Morgan fingerprint density at radius 2 is 1.86 bits per heavy atom. The van der Waals surface area contributed by atoms with Gasteiger partial charge >= 0.3 is 0 Å². The fourth-order valence-corrected chi connectivity index (χ4v) is 11.1. The van der Waals surface area contributed by atoms with Crippen molar-refractivity contribution in [3.05, 3.63) is 71.6 Å². The maximum Gasteiger partial charge on any atom is 0.216 e. The van der Waals surface area contributed by atoms with E-state index in [1.807, 2.05) is 24.5 Å². The van der Waals surface area contributed by atoms with Gasteiger partial charge in [0, 0.05) is 59.9 Å². The predicted octanol–water partition coefficient (Wildman–Crippen LogP) is 7.20. The van der Waals surface area contributed by atoms with E-state index in [-0.39, 0.29) is 23.6 Å². The zero-order chi connectivity index (χ0) is 33.7. The minimum absolute atomic E-state index is 0.0379. The van der Waals surface area contributed by atoms with Crippen LogP contribution in [0.5, 0.6) is 5.88 Å². The molecule has 2 unspecified atom stereocenters. The van der Waals surface area contributed by atoms with Crippen molar-refractivity contribution in [1.29, 1.82) is 0 Å². The van der Waals surface area contributed by atoms with Crippen molar-refractivity contribution in [2.24, 2.45) is 11.8 Å². The second-order valence-electron chi connectivity index (χ2n) is 13.6. The topological polar surface area (TPSA) is 129 Å². The van der Waals surface area contributed by atoms with Gasteiger partial charge in [0.05, 0.1) is 45.5 Å². The van der Waals surface area contributed by atoms with Crippen LogP contribution in [-0.4, -0.2) is 59.4 Å². The summed E-state index contributed by atoms with van der Waals surface area (Å²) in [5.41, 5.74) is 5.13. The first kappa shape index (κ1) is 32.2. The molecule has 2 atom stereocenters. The molecule has 12 heteroatoms. The van der Waals surface area contributed by atoms with Crippen molar-refractivity contribution in [2.45, 2.75) is 69.2 Å². The highest BCUT2D eigenvalue weighted by Gasteiger charge is 2.43. The maximum atomic E-state index is 14.3. The Balaban J connectivity index is 1.33.